The van der Waals surface area contributed by atoms with Crippen LogP contribution in [0.15, 0.2) is 48.7 Å². The third-order valence-corrected chi connectivity index (χ3v) is 7.21. The van der Waals surface area contributed by atoms with Gasteiger partial charge in [-0.05, 0) is 30.0 Å². The molecule has 0 aliphatic carbocycles. The van der Waals surface area contributed by atoms with E-state index in [1.54, 1.807) is 10.5 Å². The Morgan fingerprint density at radius 1 is 1.16 bits per heavy atom. The number of fused-ring (bicyclic) bond motifs is 1. The largest absolute Gasteiger partial charge is 0.483 e. The molecule has 1 aromatic carbocycles. The first kappa shape index (κ1) is 22.9. The lowest BCUT2D eigenvalue weighted by molar-refractivity contribution is -0.130. The number of sulfonamides is 1. The number of amides is 1. The Kier molecular flexibility index (Phi) is 7.07. The minimum Gasteiger partial charge on any atom is -0.483 e. The highest BCUT2D eigenvalue weighted by atomic mass is 32.2. The average Bonchev–Trinajstić information content (AvgIpc) is 3.29. The summed E-state index contributed by atoms with van der Waals surface area (Å²) >= 11 is 0. The van der Waals surface area contributed by atoms with Gasteiger partial charge in [-0.1, -0.05) is 36.4 Å². The van der Waals surface area contributed by atoms with Crippen molar-refractivity contribution in [1.82, 2.24) is 14.2 Å². The van der Waals surface area contributed by atoms with Gasteiger partial charge in [0.15, 0.2) is 0 Å². The molecule has 3 atom stereocenters. The Hall–Kier alpha value is -2.78. The van der Waals surface area contributed by atoms with E-state index in [4.69, 9.17) is 9.90 Å². The summed E-state index contributed by atoms with van der Waals surface area (Å²) in [7, 11) is -3.31. The highest BCUT2D eigenvalue weighted by Gasteiger charge is 2.51. The maximum Gasteiger partial charge on any atom is 0.290 e. The fraction of sp³-hybridized carbons (Fsp3) is 0.409. The number of aryl methyl sites for hydroxylation is 1. The highest BCUT2D eigenvalue weighted by Crippen LogP contribution is 2.46. The summed E-state index contributed by atoms with van der Waals surface area (Å²) in [6.45, 7) is 3.37. The second-order valence-electron chi connectivity index (χ2n) is 7.96. The summed E-state index contributed by atoms with van der Waals surface area (Å²) in [4.78, 5) is 27.5. The molecule has 1 aromatic heterocycles. The van der Waals surface area contributed by atoms with Crippen LogP contribution in [0.2, 0.25) is 0 Å². The van der Waals surface area contributed by atoms with E-state index in [9.17, 15) is 13.2 Å². The molecule has 1 amide bonds. The van der Waals surface area contributed by atoms with E-state index in [-0.39, 0.29) is 36.7 Å². The van der Waals surface area contributed by atoms with Gasteiger partial charge in [0, 0.05) is 31.7 Å². The van der Waals surface area contributed by atoms with Crippen LogP contribution in [0.4, 0.5) is 0 Å². The molecule has 2 aliphatic heterocycles. The van der Waals surface area contributed by atoms with Crippen molar-refractivity contribution < 1.29 is 23.1 Å². The Bertz CT molecular complexity index is 1030. The first-order valence-electron chi connectivity index (χ1n) is 10.0. The molecule has 1 N–H and O–H groups in total. The summed E-state index contributed by atoms with van der Waals surface area (Å²) in [5, 5.41) is 6.89. The van der Waals surface area contributed by atoms with Gasteiger partial charge >= 0.3 is 0 Å². The normalized spacial score (nSPS) is 23.0. The van der Waals surface area contributed by atoms with Crippen LogP contribution < -0.4 is 0 Å². The van der Waals surface area contributed by atoms with Crippen LogP contribution in [0.1, 0.15) is 22.9 Å². The summed E-state index contributed by atoms with van der Waals surface area (Å²) in [5.41, 5.74) is 2.82. The van der Waals surface area contributed by atoms with E-state index in [1.807, 2.05) is 54.3 Å². The van der Waals surface area contributed by atoms with E-state index in [1.165, 1.54) is 6.26 Å². The summed E-state index contributed by atoms with van der Waals surface area (Å²) in [6.07, 6.45) is 3.28. The van der Waals surface area contributed by atoms with Crippen LogP contribution in [-0.4, -0.2) is 66.0 Å². The standard InChI is InChI=1S/C21H25N3O3S.CH2O2/c1-15-7-6-10-22-19(15)11-20(25)23-12-17-13-24(28(2,26)27)21(18(17)14-23)16-8-4-3-5-9-16;2-1-3/h3-10,17-18,21H,11-14H2,1-2H3;1H,(H,2,3)/t17-,18-,21+;/m1./s1. The van der Waals surface area contributed by atoms with Gasteiger partial charge in [-0.3, -0.25) is 14.6 Å². The first-order valence-corrected chi connectivity index (χ1v) is 11.9. The molecule has 2 aliphatic rings. The predicted octanol–water partition coefficient (Wildman–Crippen LogP) is 1.72. The van der Waals surface area contributed by atoms with Crippen molar-refractivity contribution in [2.45, 2.75) is 19.4 Å². The Labute approximate surface area is 182 Å². The lowest BCUT2D eigenvalue weighted by atomic mass is 9.90. The van der Waals surface area contributed by atoms with Gasteiger partial charge in [-0.25, -0.2) is 8.42 Å². The zero-order valence-electron chi connectivity index (χ0n) is 17.6. The Morgan fingerprint density at radius 3 is 2.45 bits per heavy atom. The summed E-state index contributed by atoms with van der Waals surface area (Å²) in [5.74, 6) is 0.341. The van der Waals surface area contributed by atoms with Crippen molar-refractivity contribution in [2.24, 2.45) is 11.8 Å². The van der Waals surface area contributed by atoms with Gasteiger partial charge in [0.05, 0.1) is 24.4 Å². The number of carbonyl (C=O) groups is 2. The SMILES string of the molecule is Cc1cccnc1CC(=O)N1C[C@@H]2CN(S(C)(=O)=O)[C@@H](c3ccccc3)[C@@H]2C1.O=CO. The van der Waals surface area contributed by atoms with Crippen LogP contribution >= 0.6 is 0 Å². The fourth-order valence-corrected chi connectivity index (χ4v) is 5.73. The third kappa shape index (κ3) is 5.11. The number of aromatic nitrogens is 1. The van der Waals surface area contributed by atoms with Crippen molar-refractivity contribution in [3.63, 3.8) is 0 Å². The number of nitrogens with zero attached hydrogens (tertiary/aromatic N) is 3. The molecule has 0 spiro atoms. The van der Waals surface area contributed by atoms with Gasteiger partial charge < -0.3 is 10.0 Å². The van der Waals surface area contributed by atoms with E-state index >= 15 is 0 Å². The number of carbonyl (C=O) groups excluding carboxylic acids is 1. The van der Waals surface area contributed by atoms with E-state index in [2.05, 4.69) is 4.98 Å². The van der Waals surface area contributed by atoms with Crippen LogP contribution in [0.3, 0.4) is 0 Å². The molecule has 3 heterocycles. The van der Waals surface area contributed by atoms with E-state index in [0.717, 1.165) is 16.8 Å². The minimum atomic E-state index is -3.31. The lowest BCUT2D eigenvalue weighted by Gasteiger charge is -2.28. The molecule has 2 aromatic rings. The second-order valence-corrected chi connectivity index (χ2v) is 9.90. The van der Waals surface area contributed by atoms with Crippen LogP contribution in [0.25, 0.3) is 0 Å². The molecule has 2 fully saturated rings. The van der Waals surface area contributed by atoms with Gasteiger partial charge in [0.1, 0.15) is 0 Å². The maximum atomic E-state index is 12.9. The van der Waals surface area contributed by atoms with Crippen molar-refractivity contribution in [3.8, 4) is 0 Å². The molecule has 8 nitrogen and oxygen atoms in total. The van der Waals surface area contributed by atoms with E-state index in [0.29, 0.717) is 19.6 Å². The second kappa shape index (κ2) is 9.57. The molecule has 2 saturated heterocycles. The molecule has 0 radical (unpaired) electrons. The molecule has 0 saturated carbocycles. The molecule has 9 heteroatoms. The van der Waals surface area contributed by atoms with Crippen molar-refractivity contribution in [1.29, 1.82) is 0 Å². The van der Waals surface area contributed by atoms with Crippen molar-refractivity contribution >= 4 is 22.4 Å². The number of rotatable bonds is 4. The predicted molar refractivity (Wildman–Crippen MR) is 116 cm³/mol. The number of hydrogen-bond donors (Lipinski definition) is 1. The smallest absolute Gasteiger partial charge is 0.290 e. The van der Waals surface area contributed by atoms with E-state index < -0.39 is 10.0 Å². The number of benzene rings is 1. The number of carboxylic acid groups (broad SMARTS) is 1. The van der Waals surface area contributed by atoms with Gasteiger partial charge in [0.25, 0.3) is 6.47 Å². The summed E-state index contributed by atoms with van der Waals surface area (Å²) in [6, 6.07) is 13.4. The topological polar surface area (TPSA) is 108 Å². The monoisotopic (exact) mass is 445 g/mol. The number of likely N-dealkylation sites (tertiary alicyclic amines) is 1. The molecule has 0 unspecified atom stereocenters. The molecule has 31 heavy (non-hydrogen) atoms. The maximum absolute atomic E-state index is 12.9. The van der Waals surface area contributed by atoms with Gasteiger partial charge in [0.2, 0.25) is 15.9 Å². The molecule has 166 valence electrons. The molecule has 4 rings (SSSR count). The molecule has 0 bridgehead atoms. The minimum absolute atomic E-state index is 0.0638. The van der Waals surface area contributed by atoms with Gasteiger partial charge in [-0.2, -0.15) is 4.31 Å². The Morgan fingerprint density at radius 2 is 1.84 bits per heavy atom. The zero-order valence-corrected chi connectivity index (χ0v) is 18.4. The van der Waals surface area contributed by atoms with Crippen LogP contribution in [0, 0.1) is 18.8 Å². The zero-order chi connectivity index (χ0) is 22.6. The highest BCUT2D eigenvalue weighted by molar-refractivity contribution is 7.88. The quantitative estimate of drug-likeness (QED) is 0.718. The third-order valence-electron chi connectivity index (χ3n) is 5.98. The molecular weight excluding hydrogens is 418 g/mol. The number of hydrogen-bond acceptors (Lipinski definition) is 5. The van der Waals surface area contributed by atoms with Crippen molar-refractivity contribution in [3.05, 3.63) is 65.5 Å². The molecular formula is C22H27N3O5S. The van der Waals surface area contributed by atoms with Crippen LogP contribution in [0.5, 0.6) is 0 Å². The average molecular weight is 446 g/mol. The Balaban J connectivity index is 0.000000858. The van der Waals surface area contributed by atoms with Gasteiger partial charge in [-0.15, -0.1) is 0 Å². The number of pyridine rings is 1. The lowest BCUT2D eigenvalue weighted by Crippen LogP contribution is -2.37. The van der Waals surface area contributed by atoms with Crippen LogP contribution in [-0.2, 0) is 26.0 Å². The van der Waals surface area contributed by atoms with Crippen molar-refractivity contribution in [2.75, 3.05) is 25.9 Å². The summed E-state index contributed by atoms with van der Waals surface area (Å²) < 4.78 is 26.4. The fourth-order valence-electron chi connectivity index (χ4n) is 4.57. The first-order chi connectivity index (χ1) is 14.8.